The first-order chi connectivity index (χ1) is 18.1. The average Bonchev–Trinajstić information content (AvgIpc) is 3.36. The summed E-state index contributed by atoms with van der Waals surface area (Å²) in [7, 11) is 0. The molecule has 0 aliphatic carbocycles. The minimum absolute atomic E-state index is 0.0293. The van der Waals surface area contributed by atoms with Crippen LogP contribution in [0.2, 0.25) is 0 Å². The van der Waals surface area contributed by atoms with Gasteiger partial charge in [0, 0.05) is 0 Å². The molecule has 0 spiro atoms. The second kappa shape index (κ2) is 10.7. The lowest BCUT2D eigenvalue weighted by Gasteiger charge is -2.38. The van der Waals surface area contributed by atoms with Gasteiger partial charge in [0.15, 0.2) is 0 Å². The number of benzene rings is 2. The van der Waals surface area contributed by atoms with E-state index in [1.54, 1.807) is 6.92 Å². The number of carbonyl (C=O) groups excluding carboxylic acids is 2. The Kier molecular flexibility index (Phi) is 7.57. The molecule has 0 saturated carbocycles. The van der Waals surface area contributed by atoms with Crippen molar-refractivity contribution in [2.24, 2.45) is 0 Å². The van der Waals surface area contributed by atoms with Crippen molar-refractivity contribution in [1.82, 2.24) is 20.4 Å². The van der Waals surface area contributed by atoms with Gasteiger partial charge in [-0.1, -0.05) is 68.4 Å². The molecule has 1 unspecified atom stereocenters. The molecular weight excluding hydrogens is 482 g/mol. The van der Waals surface area contributed by atoms with Crippen LogP contribution in [0.25, 0.3) is 0 Å². The molecule has 0 bridgehead atoms. The summed E-state index contributed by atoms with van der Waals surface area (Å²) < 4.78 is 1.82. The second-order valence-electron chi connectivity index (χ2n) is 10.3. The summed E-state index contributed by atoms with van der Waals surface area (Å²) in [5.74, 6) is -1.66. The van der Waals surface area contributed by atoms with Gasteiger partial charge in [-0.05, 0) is 49.8 Å². The molecule has 9 heteroatoms. The van der Waals surface area contributed by atoms with Crippen LogP contribution >= 0.6 is 0 Å². The fourth-order valence-electron chi connectivity index (χ4n) is 5.11. The molecule has 0 saturated heterocycles. The lowest BCUT2D eigenvalue weighted by atomic mass is 9.85. The van der Waals surface area contributed by atoms with Crippen LogP contribution in [0.15, 0.2) is 60.8 Å². The van der Waals surface area contributed by atoms with Gasteiger partial charge >= 0.3 is 5.97 Å². The second-order valence-corrected chi connectivity index (χ2v) is 10.3. The van der Waals surface area contributed by atoms with Crippen LogP contribution in [-0.2, 0) is 27.1 Å². The van der Waals surface area contributed by atoms with Gasteiger partial charge in [-0.15, -0.1) is 0 Å². The van der Waals surface area contributed by atoms with Crippen molar-refractivity contribution < 1.29 is 19.5 Å². The minimum Gasteiger partial charge on any atom is -0.480 e. The van der Waals surface area contributed by atoms with Gasteiger partial charge in [0.05, 0.1) is 17.8 Å². The van der Waals surface area contributed by atoms with Crippen LogP contribution in [0, 0.1) is 0 Å². The third kappa shape index (κ3) is 5.14. The number of nitrogens with zero attached hydrogens (tertiary/aromatic N) is 2. The van der Waals surface area contributed by atoms with Crippen molar-refractivity contribution in [3.63, 3.8) is 0 Å². The smallest absolute Gasteiger partial charge is 0.322 e. The molecule has 4 N–H and O–H groups in total. The zero-order valence-corrected chi connectivity index (χ0v) is 22.2. The maximum absolute atomic E-state index is 13.8. The quantitative estimate of drug-likeness (QED) is 0.340. The maximum Gasteiger partial charge on any atom is 0.322 e. The standard InChI is InChI=1S/C29H35N5O4/c1-5-19-12-14-21(15-13-19)29(6-2,27(38)30-18-24(35)36)33-26(37)22-17-31-34-25(22)32-23(16-28(34,3)4)20-10-8-7-9-11-20/h7-15,17,23,32H,5-6,16,18H2,1-4H3,(H,30,38)(H,33,37)(H,35,36)/t23-,29?/m1/s1. The van der Waals surface area contributed by atoms with E-state index in [-0.39, 0.29) is 18.0 Å². The molecule has 200 valence electrons. The van der Waals surface area contributed by atoms with E-state index in [0.29, 0.717) is 16.9 Å². The molecule has 2 atom stereocenters. The van der Waals surface area contributed by atoms with E-state index in [2.05, 4.69) is 34.9 Å². The monoisotopic (exact) mass is 517 g/mol. The summed E-state index contributed by atoms with van der Waals surface area (Å²) in [6.45, 7) is 7.42. The third-order valence-corrected chi connectivity index (χ3v) is 7.30. The highest BCUT2D eigenvalue weighted by Crippen LogP contribution is 2.40. The van der Waals surface area contributed by atoms with E-state index in [9.17, 15) is 14.4 Å². The van der Waals surface area contributed by atoms with E-state index < -0.39 is 29.9 Å². The number of aliphatic carboxylic acids is 1. The minimum atomic E-state index is -1.48. The van der Waals surface area contributed by atoms with E-state index in [1.165, 1.54) is 6.20 Å². The number of carboxylic acid groups (broad SMARTS) is 1. The third-order valence-electron chi connectivity index (χ3n) is 7.30. The summed E-state index contributed by atoms with van der Waals surface area (Å²) >= 11 is 0. The highest BCUT2D eigenvalue weighted by Gasteiger charge is 2.42. The van der Waals surface area contributed by atoms with Gasteiger partial charge in [0.2, 0.25) is 0 Å². The molecule has 1 aliphatic rings. The SMILES string of the molecule is CCc1ccc(C(CC)(NC(=O)c2cnn3c2N[C@@H](c2ccccc2)CC3(C)C)C(=O)NCC(=O)O)cc1. The van der Waals surface area contributed by atoms with Gasteiger partial charge < -0.3 is 21.1 Å². The van der Waals surface area contributed by atoms with Crippen molar-refractivity contribution in [3.8, 4) is 0 Å². The van der Waals surface area contributed by atoms with Gasteiger partial charge in [0.25, 0.3) is 11.8 Å². The predicted molar refractivity (Wildman–Crippen MR) is 145 cm³/mol. The Labute approximate surface area is 222 Å². The number of nitrogens with one attached hydrogen (secondary N) is 3. The molecule has 1 aliphatic heterocycles. The van der Waals surface area contributed by atoms with E-state index >= 15 is 0 Å². The fourth-order valence-corrected chi connectivity index (χ4v) is 5.11. The summed E-state index contributed by atoms with van der Waals surface area (Å²) in [5.41, 5.74) is 1.23. The maximum atomic E-state index is 13.8. The Morgan fingerprint density at radius 3 is 2.39 bits per heavy atom. The molecule has 3 aromatic rings. The lowest BCUT2D eigenvalue weighted by molar-refractivity contribution is -0.139. The lowest BCUT2D eigenvalue weighted by Crippen LogP contribution is -2.56. The zero-order valence-electron chi connectivity index (χ0n) is 22.2. The van der Waals surface area contributed by atoms with Crippen LogP contribution in [0.1, 0.15) is 73.6 Å². The summed E-state index contributed by atoms with van der Waals surface area (Å²) in [5, 5.41) is 22.6. The summed E-state index contributed by atoms with van der Waals surface area (Å²) in [4.78, 5) is 38.5. The van der Waals surface area contributed by atoms with Crippen molar-refractivity contribution in [3.05, 3.63) is 83.0 Å². The van der Waals surface area contributed by atoms with Crippen LogP contribution in [-0.4, -0.2) is 39.2 Å². The highest BCUT2D eigenvalue weighted by atomic mass is 16.4. The fraction of sp³-hybridized carbons (Fsp3) is 0.379. The number of rotatable bonds is 9. The number of carboxylic acids is 1. The van der Waals surface area contributed by atoms with E-state index in [1.807, 2.05) is 66.2 Å². The molecule has 2 heterocycles. The number of aryl methyl sites for hydroxylation is 1. The topological polar surface area (TPSA) is 125 Å². The summed E-state index contributed by atoms with van der Waals surface area (Å²) in [6, 6.07) is 17.4. The first kappa shape index (κ1) is 26.9. The van der Waals surface area contributed by atoms with Crippen LogP contribution in [0.4, 0.5) is 5.82 Å². The Balaban J connectivity index is 1.71. The number of aromatic nitrogens is 2. The van der Waals surface area contributed by atoms with Gasteiger partial charge in [-0.2, -0.15) is 5.10 Å². The van der Waals surface area contributed by atoms with Crippen molar-refractivity contribution in [2.75, 3.05) is 11.9 Å². The van der Waals surface area contributed by atoms with Crippen LogP contribution < -0.4 is 16.0 Å². The van der Waals surface area contributed by atoms with Crippen molar-refractivity contribution in [2.45, 2.75) is 64.1 Å². The van der Waals surface area contributed by atoms with E-state index in [0.717, 1.165) is 24.0 Å². The Morgan fingerprint density at radius 1 is 1.11 bits per heavy atom. The Morgan fingerprint density at radius 2 is 1.79 bits per heavy atom. The first-order valence-electron chi connectivity index (χ1n) is 12.9. The zero-order chi connectivity index (χ0) is 27.5. The number of hydrogen-bond acceptors (Lipinski definition) is 5. The molecule has 1 aromatic heterocycles. The van der Waals surface area contributed by atoms with Gasteiger partial charge in [-0.25, -0.2) is 4.68 Å². The Hall–Kier alpha value is -4.14. The predicted octanol–water partition coefficient (Wildman–Crippen LogP) is 3.97. The molecule has 38 heavy (non-hydrogen) atoms. The Bertz CT molecular complexity index is 1320. The number of hydrogen-bond donors (Lipinski definition) is 4. The molecule has 0 fully saturated rings. The largest absolute Gasteiger partial charge is 0.480 e. The van der Waals surface area contributed by atoms with Crippen LogP contribution in [0.3, 0.4) is 0 Å². The van der Waals surface area contributed by atoms with Crippen LogP contribution in [0.5, 0.6) is 0 Å². The number of fused-ring (bicyclic) bond motifs is 1. The molecule has 2 amide bonds. The van der Waals surface area contributed by atoms with Crippen molar-refractivity contribution in [1.29, 1.82) is 0 Å². The molecule has 0 radical (unpaired) electrons. The molecule has 2 aromatic carbocycles. The van der Waals surface area contributed by atoms with Gasteiger partial charge in [0.1, 0.15) is 23.5 Å². The number of anilines is 1. The van der Waals surface area contributed by atoms with E-state index in [4.69, 9.17) is 5.11 Å². The normalized spacial score (nSPS) is 17.4. The average molecular weight is 518 g/mol. The summed E-state index contributed by atoms with van der Waals surface area (Å²) in [6.07, 6.45) is 3.32. The number of carbonyl (C=O) groups is 3. The number of amides is 2. The highest BCUT2D eigenvalue weighted by molar-refractivity contribution is 6.03. The molecular formula is C29H35N5O4. The molecule has 9 nitrogen and oxygen atoms in total. The van der Waals surface area contributed by atoms with Crippen molar-refractivity contribution >= 4 is 23.6 Å². The van der Waals surface area contributed by atoms with Gasteiger partial charge in [-0.3, -0.25) is 14.4 Å². The first-order valence-corrected chi connectivity index (χ1v) is 12.9. The molecule has 4 rings (SSSR count).